The lowest BCUT2D eigenvalue weighted by Crippen LogP contribution is -2.00. The Morgan fingerprint density at radius 2 is 2.00 bits per heavy atom. The molecule has 0 fully saturated rings. The van der Waals surface area contributed by atoms with E-state index in [0.717, 1.165) is 0 Å². The maximum Gasteiger partial charge on any atom is 0.339 e. The van der Waals surface area contributed by atoms with Gasteiger partial charge < -0.3 is 14.9 Å². The van der Waals surface area contributed by atoms with Gasteiger partial charge in [-0.3, -0.25) is 0 Å². The van der Waals surface area contributed by atoms with E-state index in [4.69, 9.17) is 9.84 Å². The molecule has 0 amide bonds. The van der Waals surface area contributed by atoms with E-state index < -0.39 is 5.97 Å². The second kappa shape index (κ2) is 5.39. The van der Waals surface area contributed by atoms with Crippen LogP contribution in [0.1, 0.15) is 15.9 Å². The number of benzene rings is 2. The predicted molar refractivity (Wildman–Crippen MR) is 65.8 cm³/mol. The maximum absolute atomic E-state index is 12.9. The van der Waals surface area contributed by atoms with Gasteiger partial charge in [0.1, 0.15) is 29.5 Å². The first-order valence-electron chi connectivity index (χ1n) is 5.50. The van der Waals surface area contributed by atoms with Gasteiger partial charge in [-0.05, 0) is 35.9 Å². The van der Waals surface area contributed by atoms with Crippen molar-refractivity contribution >= 4 is 5.97 Å². The minimum Gasteiger partial charge on any atom is -0.507 e. The largest absolute Gasteiger partial charge is 0.507 e. The molecule has 0 bridgehead atoms. The number of phenols is 1. The van der Waals surface area contributed by atoms with E-state index in [2.05, 4.69) is 0 Å². The molecule has 5 heteroatoms. The van der Waals surface area contributed by atoms with Crippen molar-refractivity contribution in [3.8, 4) is 11.5 Å². The minimum absolute atomic E-state index is 0.113. The van der Waals surface area contributed by atoms with Gasteiger partial charge in [0.25, 0.3) is 0 Å². The standard InChI is InChI=1S/C14H11FO4/c15-10-3-1-2-9(6-10)8-19-11-4-5-13(16)12(7-11)14(17)18/h1-7,16H,8H2,(H,17,18). The molecule has 0 heterocycles. The van der Waals surface area contributed by atoms with Gasteiger partial charge >= 0.3 is 5.97 Å². The molecule has 0 aliphatic heterocycles. The number of carbonyl (C=O) groups is 1. The molecule has 4 nitrogen and oxygen atoms in total. The van der Waals surface area contributed by atoms with E-state index in [0.29, 0.717) is 11.3 Å². The molecule has 19 heavy (non-hydrogen) atoms. The van der Waals surface area contributed by atoms with Crippen LogP contribution in [0.4, 0.5) is 4.39 Å². The van der Waals surface area contributed by atoms with Crippen LogP contribution in [0.5, 0.6) is 11.5 Å². The molecule has 2 aromatic carbocycles. The Bertz CT molecular complexity index is 610. The fourth-order valence-corrected chi connectivity index (χ4v) is 1.57. The van der Waals surface area contributed by atoms with Crippen LogP contribution in [0.2, 0.25) is 0 Å². The molecule has 2 aromatic rings. The first-order valence-corrected chi connectivity index (χ1v) is 5.50. The van der Waals surface area contributed by atoms with Crippen LogP contribution in [0.3, 0.4) is 0 Å². The Morgan fingerprint density at radius 3 is 2.68 bits per heavy atom. The number of aromatic carboxylic acids is 1. The third kappa shape index (κ3) is 3.22. The Morgan fingerprint density at radius 1 is 1.21 bits per heavy atom. The molecule has 0 aliphatic rings. The summed E-state index contributed by atoms with van der Waals surface area (Å²) in [6.45, 7) is 0.113. The zero-order valence-corrected chi connectivity index (χ0v) is 9.84. The van der Waals surface area contributed by atoms with Crippen molar-refractivity contribution in [1.82, 2.24) is 0 Å². The Kier molecular flexibility index (Phi) is 3.66. The van der Waals surface area contributed by atoms with E-state index in [1.807, 2.05) is 0 Å². The first-order chi connectivity index (χ1) is 9.06. The minimum atomic E-state index is -1.24. The molecule has 2 N–H and O–H groups in total. The lowest BCUT2D eigenvalue weighted by molar-refractivity contribution is 0.0693. The highest BCUT2D eigenvalue weighted by Gasteiger charge is 2.10. The van der Waals surface area contributed by atoms with Gasteiger partial charge in [-0.2, -0.15) is 0 Å². The van der Waals surface area contributed by atoms with Crippen LogP contribution in [-0.4, -0.2) is 16.2 Å². The SMILES string of the molecule is O=C(O)c1cc(OCc2cccc(F)c2)ccc1O. The molecule has 0 radical (unpaired) electrons. The molecule has 98 valence electrons. The number of ether oxygens (including phenoxy) is 1. The second-order valence-corrected chi connectivity index (χ2v) is 3.90. The summed E-state index contributed by atoms with van der Waals surface area (Å²) in [6, 6.07) is 9.82. The average Bonchev–Trinajstić information content (AvgIpc) is 2.37. The smallest absolute Gasteiger partial charge is 0.339 e. The zero-order valence-electron chi connectivity index (χ0n) is 9.84. The molecule has 0 unspecified atom stereocenters. The quantitative estimate of drug-likeness (QED) is 0.889. The van der Waals surface area contributed by atoms with Gasteiger partial charge in [-0.15, -0.1) is 0 Å². The van der Waals surface area contributed by atoms with E-state index in [1.54, 1.807) is 12.1 Å². The number of carboxylic acid groups (broad SMARTS) is 1. The lowest BCUT2D eigenvalue weighted by Gasteiger charge is -2.08. The second-order valence-electron chi connectivity index (χ2n) is 3.90. The Hall–Kier alpha value is -2.56. The van der Waals surface area contributed by atoms with Crippen molar-refractivity contribution in [2.75, 3.05) is 0 Å². The van der Waals surface area contributed by atoms with Gasteiger partial charge in [-0.1, -0.05) is 12.1 Å². The molecular formula is C14H11FO4. The lowest BCUT2D eigenvalue weighted by atomic mass is 10.2. The van der Waals surface area contributed by atoms with Gasteiger partial charge in [0.05, 0.1) is 0 Å². The van der Waals surface area contributed by atoms with Crippen molar-refractivity contribution < 1.29 is 24.1 Å². The van der Waals surface area contributed by atoms with Crippen LogP contribution in [-0.2, 0) is 6.61 Å². The molecule has 2 rings (SSSR count). The molecule has 0 atom stereocenters. The summed E-state index contributed by atoms with van der Waals surface area (Å²) in [5.74, 6) is -1.64. The summed E-state index contributed by atoms with van der Waals surface area (Å²) in [5.41, 5.74) is 0.390. The summed E-state index contributed by atoms with van der Waals surface area (Å²) in [4.78, 5) is 10.8. The zero-order chi connectivity index (χ0) is 13.8. The van der Waals surface area contributed by atoms with E-state index >= 15 is 0 Å². The van der Waals surface area contributed by atoms with Crippen molar-refractivity contribution in [1.29, 1.82) is 0 Å². The summed E-state index contributed by atoms with van der Waals surface area (Å²) in [7, 11) is 0. The number of hydrogen-bond acceptors (Lipinski definition) is 3. The monoisotopic (exact) mass is 262 g/mol. The topological polar surface area (TPSA) is 66.8 Å². The first kappa shape index (κ1) is 12.9. The normalized spacial score (nSPS) is 10.2. The molecule has 0 spiro atoms. The number of aromatic hydroxyl groups is 1. The third-order valence-electron chi connectivity index (χ3n) is 2.49. The van der Waals surface area contributed by atoms with E-state index in [-0.39, 0.29) is 23.7 Å². The Labute approximate surface area is 108 Å². The van der Waals surface area contributed by atoms with Crippen LogP contribution in [0, 0.1) is 5.82 Å². The van der Waals surface area contributed by atoms with Crippen molar-refractivity contribution in [2.45, 2.75) is 6.61 Å². The van der Waals surface area contributed by atoms with Gasteiger partial charge in [0.15, 0.2) is 0 Å². The van der Waals surface area contributed by atoms with Crippen molar-refractivity contribution in [2.24, 2.45) is 0 Å². The fourth-order valence-electron chi connectivity index (χ4n) is 1.57. The summed E-state index contributed by atoms with van der Waals surface area (Å²) < 4.78 is 18.3. The molecule has 0 aromatic heterocycles. The summed E-state index contributed by atoms with van der Waals surface area (Å²) in [5, 5.41) is 18.2. The highest BCUT2D eigenvalue weighted by Crippen LogP contribution is 2.23. The van der Waals surface area contributed by atoms with Gasteiger partial charge in [-0.25, -0.2) is 9.18 Å². The number of hydrogen-bond donors (Lipinski definition) is 2. The van der Waals surface area contributed by atoms with Crippen LogP contribution in [0.15, 0.2) is 42.5 Å². The predicted octanol–water partition coefficient (Wildman–Crippen LogP) is 2.81. The van der Waals surface area contributed by atoms with Crippen molar-refractivity contribution in [3.05, 3.63) is 59.4 Å². The third-order valence-corrected chi connectivity index (χ3v) is 2.49. The highest BCUT2D eigenvalue weighted by molar-refractivity contribution is 5.91. The molecule has 0 aliphatic carbocycles. The molecule has 0 saturated heterocycles. The van der Waals surface area contributed by atoms with Gasteiger partial charge in [0.2, 0.25) is 0 Å². The van der Waals surface area contributed by atoms with Crippen LogP contribution < -0.4 is 4.74 Å². The average molecular weight is 262 g/mol. The Balaban J connectivity index is 2.12. The summed E-state index contributed by atoms with van der Waals surface area (Å²) >= 11 is 0. The van der Waals surface area contributed by atoms with E-state index in [1.165, 1.54) is 30.3 Å². The van der Waals surface area contributed by atoms with Crippen LogP contribution >= 0.6 is 0 Å². The number of rotatable bonds is 4. The fraction of sp³-hybridized carbons (Fsp3) is 0.0714. The van der Waals surface area contributed by atoms with Crippen molar-refractivity contribution in [3.63, 3.8) is 0 Å². The molecule has 0 saturated carbocycles. The number of carboxylic acids is 1. The number of halogens is 1. The van der Waals surface area contributed by atoms with Gasteiger partial charge in [0, 0.05) is 0 Å². The summed E-state index contributed by atoms with van der Waals surface area (Å²) in [6.07, 6.45) is 0. The van der Waals surface area contributed by atoms with E-state index in [9.17, 15) is 14.3 Å². The van der Waals surface area contributed by atoms with Crippen LogP contribution in [0.25, 0.3) is 0 Å². The molecular weight excluding hydrogens is 251 g/mol. The highest BCUT2D eigenvalue weighted by atomic mass is 19.1. The maximum atomic E-state index is 12.9.